The van der Waals surface area contributed by atoms with Crippen LogP contribution in [0.3, 0.4) is 0 Å². The number of halogens is 1. The number of nitrogens with zero attached hydrogens (tertiary/aromatic N) is 1. The summed E-state index contributed by atoms with van der Waals surface area (Å²) in [4.78, 5) is 11.9. The van der Waals surface area contributed by atoms with Crippen LogP contribution < -0.4 is 9.47 Å². The third-order valence-electron chi connectivity index (χ3n) is 3.04. The second-order valence-corrected chi connectivity index (χ2v) is 5.30. The Morgan fingerprint density at radius 2 is 1.71 bits per heavy atom. The second-order valence-electron chi connectivity index (χ2n) is 4.87. The normalized spacial score (nSPS) is 11.2. The van der Waals surface area contributed by atoms with Gasteiger partial charge in [0.05, 0.1) is 11.6 Å². The monoisotopic (exact) mass is 345 g/mol. The lowest BCUT2D eigenvalue weighted by Gasteiger charge is -2.14. The molecule has 124 valence electrons. The summed E-state index contributed by atoms with van der Waals surface area (Å²) >= 11 is 5.78. The molecule has 0 aliphatic heterocycles. The number of hydrogen-bond acceptors (Lipinski definition) is 5. The van der Waals surface area contributed by atoms with Crippen molar-refractivity contribution in [3.05, 3.63) is 59.1 Å². The van der Waals surface area contributed by atoms with E-state index in [4.69, 9.17) is 31.1 Å². The molecule has 0 heterocycles. The molecule has 6 heteroatoms. The van der Waals surface area contributed by atoms with Crippen LogP contribution >= 0.6 is 11.6 Å². The lowest BCUT2D eigenvalue weighted by molar-refractivity contribution is -0.151. The Bertz CT molecular complexity index is 707. The van der Waals surface area contributed by atoms with Crippen molar-refractivity contribution in [1.82, 2.24) is 0 Å². The fourth-order valence-corrected chi connectivity index (χ4v) is 1.94. The molecule has 2 aromatic carbocycles. The van der Waals surface area contributed by atoms with Gasteiger partial charge in [0, 0.05) is 5.02 Å². The van der Waals surface area contributed by atoms with Gasteiger partial charge in [-0.2, -0.15) is 5.26 Å². The Morgan fingerprint density at radius 3 is 2.33 bits per heavy atom. The van der Waals surface area contributed by atoms with E-state index in [1.165, 1.54) is 0 Å². The number of rotatable bonds is 7. The summed E-state index contributed by atoms with van der Waals surface area (Å²) < 4.78 is 16.0. The minimum Gasteiger partial charge on any atom is -0.490 e. The molecule has 0 spiro atoms. The summed E-state index contributed by atoms with van der Waals surface area (Å²) in [5.74, 6) is 0.660. The van der Waals surface area contributed by atoms with E-state index in [2.05, 4.69) is 0 Å². The molecule has 0 amide bonds. The average Bonchev–Trinajstić information content (AvgIpc) is 2.60. The molecule has 0 radical (unpaired) electrons. The highest BCUT2D eigenvalue weighted by atomic mass is 35.5. The fourth-order valence-electron chi connectivity index (χ4n) is 1.81. The van der Waals surface area contributed by atoms with E-state index in [0.717, 1.165) is 0 Å². The van der Waals surface area contributed by atoms with E-state index >= 15 is 0 Å². The molecule has 5 nitrogen and oxygen atoms in total. The highest BCUT2D eigenvalue weighted by molar-refractivity contribution is 6.30. The molecule has 0 aliphatic carbocycles. The van der Waals surface area contributed by atoms with Gasteiger partial charge in [-0.05, 0) is 55.5 Å². The standard InChI is InChI=1S/C18H16ClNO4/c1-13(24-17-6-2-14(12-20)3-7-17)18(21)23-11-10-22-16-8-4-15(19)5-9-16/h2-9,13H,10-11H2,1H3/t13-/m1/s1. The van der Waals surface area contributed by atoms with Crippen molar-refractivity contribution in [2.75, 3.05) is 13.2 Å². The Morgan fingerprint density at radius 1 is 1.08 bits per heavy atom. The lowest BCUT2D eigenvalue weighted by Crippen LogP contribution is -2.27. The van der Waals surface area contributed by atoms with Crippen LogP contribution in [0.2, 0.25) is 5.02 Å². The molecule has 0 fully saturated rings. The van der Waals surface area contributed by atoms with Crippen molar-refractivity contribution in [3.63, 3.8) is 0 Å². The zero-order valence-corrected chi connectivity index (χ0v) is 13.8. The molecule has 0 aliphatic rings. The average molecular weight is 346 g/mol. The van der Waals surface area contributed by atoms with Gasteiger partial charge in [-0.1, -0.05) is 11.6 Å². The molecule has 24 heavy (non-hydrogen) atoms. The maximum atomic E-state index is 11.9. The van der Waals surface area contributed by atoms with Crippen molar-refractivity contribution in [2.24, 2.45) is 0 Å². The van der Waals surface area contributed by atoms with Gasteiger partial charge in [0.1, 0.15) is 24.7 Å². The van der Waals surface area contributed by atoms with E-state index in [9.17, 15) is 4.79 Å². The number of benzene rings is 2. The molecule has 2 aromatic rings. The second kappa shape index (κ2) is 8.80. The molecule has 0 aromatic heterocycles. The van der Waals surface area contributed by atoms with E-state index < -0.39 is 12.1 Å². The van der Waals surface area contributed by atoms with Crippen molar-refractivity contribution in [2.45, 2.75) is 13.0 Å². The van der Waals surface area contributed by atoms with Gasteiger partial charge in [0.25, 0.3) is 0 Å². The molecule has 0 N–H and O–H groups in total. The van der Waals surface area contributed by atoms with Crippen LogP contribution in [0.15, 0.2) is 48.5 Å². The first-order valence-electron chi connectivity index (χ1n) is 7.30. The van der Waals surface area contributed by atoms with Crippen LogP contribution in [0.5, 0.6) is 11.5 Å². The van der Waals surface area contributed by atoms with Gasteiger partial charge in [0.15, 0.2) is 6.10 Å². The van der Waals surface area contributed by atoms with Gasteiger partial charge in [-0.25, -0.2) is 4.79 Å². The van der Waals surface area contributed by atoms with Crippen LogP contribution in [0.1, 0.15) is 12.5 Å². The number of ether oxygens (including phenoxy) is 3. The molecule has 0 saturated heterocycles. The van der Waals surface area contributed by atoms with Crippen molar-refractivity contribution in [1.29, 1.82) is 5.26 Å². The number of nitriles is 1. The highest BCUT2D eigenvalue weighted by Gasteiger charge is 2.16. The zero-order chi connectivity index (χ0) is 17.4. The van der Waals surface area contributed by atoms with Gasteiger partial charge < -0.3 is 14.2 Å². The van der Waals surface area contributed by atoms with Crippen LogP contribution in [-0.4, -0.2) is 25.3 Å². The summed E-state index contributed by atoms with van der Waals surface area (Å²) in [5.41, 5.74) is 0.525. The largest absolute Gasteiger partial charge is 0.490 e. The predicted molar refractivity (Wildman–Crippen MR) is 89.2 cm³/mol. The van der Waals surface area contributed by atoms with Crippen LogP contribution in [0.25, 0.3) is 0 Å². The Hall–Kier alpha value is -2.71. The number of carbonyl (C=O) groups excluding carboxylic acids is 1. The van der Waals surface area contributed by atoms with Crippen LogP contribution in [0, 0.1) is 11.3 Å². The van der Waals surface area contributed by atoms with Crippen LogP contribution in [0.4, 0.5) is 0 Å². The highest BCUT2D eigenvalue weighted by Crippen LogP contribution is 2.16. The minimum absolute atomic E-state index is 0.114. The summed E-state index contributed by atoms with van der Waals surface area (Å²) in [6.45, 7) is 1.94. The summed E-state index contributed by atoms with van der Waals surface area (Å²) in [6.07, 6.45) is -0.756. The Balaban J connectivity index is 1.71. The van der Waals surface area contributed by atoms with Gasteiger partial charge in [-0.15, -0.1) is 0 Å². The molecule has 1 atom stereocenters. The van der Waals surface area contributed by atoms with E-state index in [1.54, 1.807) is 55.5 Å². The first kappa shape index (κ1) is 17.6. The first-order valence-corrected chi connectivity index (χ1v) is 7.68. The van der Waals surface area contributed by atoms with E-state index in [-0.39, 0.29) is 13.2 Å². The number of hydrogen-bond donors (Lipinski definition) is 0. The minimum atomic E-state index is -0.756. The van der Waals surface area contributed by atoms with E-state index in [1.807, 2.05) is 6.07 Å². The third kappa shape index (κ3) is 5.49. The summed E-state index contributed by atoms with van der Waals surface area (Å²) in [7, 11) is 0. The first-order chi connectivity index (χ1) is 11.6. The molecule has 2 rings (SSSR count). The smallest absolute Gasteiger partial charge is 0.347 e. The lowest BCUT2D eigenvalue weighted by atomic mass is 10.2. The van der Waals surface area contributed by atoms with Crippen molar-refractivity contribution in [3.8, 4) is 17.6 Å². The zero-order valence-electron chi connectivity index (χ0n) is 13.1. The van der Waals surface area contributed by atoms with Crippen molar-refractivity contribution >= 4 is 17.6 Å². The summed E-state index contributed by atoms with van der Waals surface area (Å²) in [5, 5.41) is 9.36. The fraction of sp³-hybridized carbons (Fsp3) is 0.222. The summed E-state index contributed by atoms with van der Waals surface area (Å²) in [6, 6.07) is 15.4. The Kier molecular flexibility index (Phi) is 6.47. The predicted octanol–water partition coefficient (Wildman–Crippen LogP) is 3.60. The maximum Gasteiger partial charge on any atom is 0.347 e. The maximum absolute atomic E-state index is 11.9. The molecule has 0 bridgehead atoms. The van der Waals surface area contributed by atoms with Gasteiger partial charge in [-0.3, -0.25) is 0 Å². The number of esters is 1. The van der Waals surface area contributed by atoms with Gasteiger partial charge >= 0.3 is 5.97 Å². The topological polar surface area (TPSA) is 68.5 Å². The van der Waals surface area contributed by atoms with Crippen LogP contribution in [-0.2, 0) is 9.53 Å². The molecular weight excluding hydrogens is 330 g/mol. The SMILES string of the molecule is C[C@@H](Oc1ccc(C#N)cc1)C(=O)OCCOc1ccc(Cl)cc1. The Labute approximate surface area is 145 Å². The van der Waals surface area contributed by atoms with Gasteiger partial charge in [0.2, 0.25) is 0 Å². The quantitative estimate of drug-likeness (QED) is 0.566. The molecular formula is C18H16ClNO4. The number of carbonyl (C=O) groups is 1. The third-order valence-corrected chi connectivity index (χ3v) is 3.29. The van der Waals surface area contributed by atoms with E-state index in [0.29, 0.717) is 22.1 Å². The van der Waals surface area contributed by atoms with Crippen molar-refractivity contribution < 1.29 is 19.0 Å². The molecule has 0 unspecified atom stereocenters. The molecule has 0 saturated carbocycles.